The largest absolute Gasteiger partial charge is 0.444 e. The van der Waals surface area contributed by atoms with E-state index in [1.54, 1.807) is 0 Å². The Morgan fingerprint density at radius 1 is 1.29 bits per heavy atom. The molecule has 0 bridgehead atoms. The van der Waals surface area contributed by atoms with Gasteiger partial charge in [0.1, 0.15) is 5.60 Å². The Labute approximate surface area is 105 Å². The third-order valence-corrected chi connectivity index (χ3v) is 3.02. The van der Waals surface area contributed by atoms with E-state index in [2.05, 4.69) is 25.8 Å². The molecule has 0 radical (unpaired) electrons. The van der Waals surface area contributed by atoms with Crippen LogP contribution >= 0.6 is 0 Å². The standard InChI is InChI=1S/C13H26N2O2/c1-10(2)11-9-14(6)7-8-15(11)12(16)17-13(3,4)5/h10-11H,7-9H2,1-6H3/t11-/m0/s1. The van der Waals surface area contributed by atoms with Gasteiger partial charge in [0.15, 0.2) is 0 Å². The maximum atomic E-state index is 12.1. The van der Waals surface area contributed by atoms with Gasteiger partial charge in [-0.05, 0) is 33.7 Å². The SMILES string of the molecule is CC(C)[C@@H]1CN(C)CCN1C(=O)OC(C)(C)C. The van der Waals surface area contributed by atoms with Gasteiger partial charge in [0.25, 0.3) is 0 Å². The maximum Gasteiger partial charge on any atom is 0.410 e. The Morgan fingerprint density at radius 2 is 1.88 bits per heavy atom. The van der Waals surface area contributed by atoms with Gasteiger partial charge in [-0.1, -0.05) is 13.8 Å². The molecule has 1 fully saturated rings. The van der Waals surface area contributed by atoms with Crippen molar-refractivity contribution in [2.45, 2.75) is 46.3 Å². The van der Waals surface area contributed by atoms with E-state index in [9.17, 15) is 4.79 Å². The number of rotatable bonds is 1. The Balaban J connectivity index is 2.70. The predicted molar refractivity (Wildman–Crippen MR) is 69.1 cm³/mol. The van der Waals surface area contributed by atoms with Crippen molar-refractivity contribution < 1.29 is 9.53 Å². The molecule has 0 unspecified atom stereocenters. The Kier molecular flexibility index (Phi) is 4.42. The second kappa shape index (κ2) is 5.25. The molecule has 0 spiro atoms. The molecule has 0 aromatic rings. The van der Waals surface area contributed by atoms with Gasteiger partial charge in [0.2, 0.25) is 0 Å². The second-order valence-corrected chi connectivity index (χ2v) is 6.25. The normalized spacial score (nSPS) is 23.0. The van der Waals surface area contributed by atoms with Crippen molar-refractivity contribution in [2.75, 3.05) is 26.7 Å². The summed E-state index contributed by atoms with van der Waals surface area (Å²) >= 11 is 0. The number of piperazine rings is 1. The van der Waals surface area contributed by atoms with Crippen LogP contribution in [0.4, 0.5) is 4.79 Å². The Hall–Kier alpha value is -0.770. The Morgan fingerprint density at radius 3 is 2.35 bits per heavy atom. The van der Waals surface area contributed by atoms with Gasteiger partial charge in [-0.2, -0.15) is 0 Å². The lowest BCUT2D eigenvalue weighted by atomic mass is 10.0. The fourth-order valence-electron chi connectivity index (χ4n) is 2.07. The molecule has 1 amide bonds. The summed E-state index contributed by atoms with van der Waals surface area (Å²) in [4.78, 5) is 16.3. The number of amides is 1. The molecule has 17 heavy (non-hydrogen) atoms. The topological polar surface area (TPSA) is 32.8 Å². The van der Waals surface area contributed by atoms with E-state index < -0.39 is 5.60 Å². The van der Waals surface area contributed by atoms with E-state index in [4.69, 9.17) is 4.74 Å². The van der Waals surface area contributed by atoms with Crippen LogP contribution in [-0.2, 0) is 4.74 Å². The number of carbonyl (C=O) groups excluding carboxylic acids is 1. The van der Waals surface area contributed by atoms with Crippen LogP contribution in [0.25, 0.3) is 0 Å². The van der Waals surface area contributed by atoms with Crippen LogP contribution in [0.2, 0.25) is 0 Å². The lowest BCUT2D eigenvalue weighted by Gasteiger charge is -2.42. The van der Waals surface area contributed by atoms with Crippen LogP contribution in [0, 0.1) is 5.92 Å². The first-order chi connectivity index (χ1) is 7.70. The quantitative estimate of drug-likeness (QED) is 0.706. The van der Waals surface area contributed by atoms with Gasteiger partial charge in [0, 0.05) is 19.6 Å². The molecule has 0 aliphatic carbocycles. The monoisotopic (exact) mass is 242 g/mol. The predicted octanol–water partition coefficient (Wildman–Crippen LogP) is 2.19. The first kappa shape index (κ1) is 14.3. The smallest absolute Gasteiger partial charge is 0.410 e. The molecule has 1 aliphatic rings. The number of ether oxygens (including phenoxy) is 1. The van der Waals surface area contributed by atoms with Crippen molar-refractivity contribution in [3.8, 4) is 0 Å². The maximum absolute atomic E-state index is 12.1. The van der Waals surface area contributed by atoms with Crippen molar-refractivity contribution in [3.63, 3.8) is 0 Å². The zero-order chi connectivity index (χ0) is 13.2. The summed E-state index contributed by atoms with van der Waals surface area (Å²) in [6.45, 7) is 12.6. The number of nitrogens with zero attached hydrogens (tertiary/aromatic N) is 2. The number of hydrogen-bond acceptors (Lipinski definition) is 3. The third kappa shape index (κ3) is 4.19. The van der Waals surface area contributed by atoms with Crippen LogP contribution in [-0.4, -0.2) is 54.2 Å². The summed E-state index contributed by atoms with van der Waals surface area (Å²) < 4.78 is 5.46. The van der Waals surface area contributed by atoms with E-state index in [0.717, 1.165) is 19.6 Å². The summed E-state index contributed by atoms with van der Waals surface area (Å²) in [6, 6.07) is 0.253. The second-order valence-electron chi connectivity index (χ2n) is 6.25. The molecular formula is C13H26N2O2. The molecule has 1 heterocycles. The summed E-state index contributed by atoms with van der Waals surface area (Å²) in [7, 11) is 2.10. The van der Waals surface area contributed by atoms with Crippen molar-refractivity contribution >= 4 is 6.09 Å². The molecule has 0 aromatic heterocycles. The van der Waals surface area contributed by atoms with Gasteiger partial charge < -0.3 is 14.5 Å². The molecule has 0 aromatic carbocycles. The van der Waals surface area contributed by atoms with E-state index in [-0.39, 0.29) is 12.1 Å². The molecule has 1 saturated heterocycles. The minimum absolute atomic E-state index is 0.177. The fraction of sp³-hybridized carbons (Fsp3) is 0.923. The third-order valence-electron chi connectivity index (χ3n) is 3.02. The molecule has 4 heteroatoms. The van der Waals surface area contributed by atoms with Crippen LogP contribution in [0.3, 0.4) is 0 Å². The number of hydrogen-bond donors (Lipinski definition) is 0. The lowest BCUT2D eigenvalue weighted by molar-refractivity contribution is -0.00599. The molecule has 0 N–H and O–H groups in total. The molecule has 100 valence electrons. The first-order valence-electron chi connectivity index (χ1n) is 6.39. The molecule has 0 saturated carbocycles. The first-order valence-corrected chi connectivity index (χ1v) is 6.39. The summed E-state index contributed by atoms with van der Waals surface area (Å²) in [6.07, 6.45) is -0.177. The zero-order valence-electron chi connectivity index (χ0n) is 12.0. The molecule has 1 aliphatic heterocycles. The van der Waals surface area contributed by atoms with Crippen molar-refractivity contribution in [3.05, 3.63) is 0 Å². The summed E-state index contributed by atoms with van der Waals surface area (Å²) in [5.74, 6) is 0.449. The zero-order valence-corrected chi connectivity index (χ0v) is 12.0. The van der Waals surface area contributed by atoms with E-state index >= 15 is 0 Å². The highest BCUT2D eigenvalue weighted by molar-refractivity contribution is 5.68. The van der Waals surface area contributed by atoms with Crippen LogP contribution in [0.5, 0.6) is 0 Å². The van der Waals surface area contributed by atoms with E-state index in [1.165, 1.54) is 0 Å². The van der Waals surface area contributed by atoms with Crippen molar-refractivity contribution in [1.82, 2.24) is 9.80 Å². The van der Waals surface area contributed by atoms with Crippen molar-refractivity contribution in [1.29, 1.82) is 0 Å². The van der Waals surface area contributed by atoms with Gasteiger partial charge in [0.05, 0.1) is 6.04 Å². The highest BCUT2D eigenvalue weighted by Gasteiger charge is 2.33. The Bertz CT molecular complexity index is 271. The highest BCUT2D eigenvalue weighted by atomic mass is 16.6. The minimum Gasteiger partial charge on any atom is -0.444 e. The van der Waals surface area contributed by atoms with Crippen LogP contribution in [0.15, 0.2) is 0 Å². The van der Waals surface area contributed by atoms with Gasteiger partial charge in [-0.25, -0.2) is 4.79 Å². The number of likely N-dealkylation sites (N-methyl/N-ethyl adjacent to an activating group) is 1. The number of carbonyl (C=O) groups is 1. The lowest BCUT2D eigenvalue weighted by Crippen LogP contribution is -2.56. The minimum atomic E-state index is -0.415. The van der Waals surface area contributed by atoms with Crippen LogP contribution < -0.4 is 0 Å². The van der Waals surface area contributed by atoms with Gasteiger partial charge in [-0.3, -0.25) is 0 Å². The fourth-order valence-corrected chi connectivity index (χ4v) is 2.07. The van der Waals surface area contributed by atoms with Crippen LogP contribution in [0.1, 0.15) is 34.6 Å². The molecule has 1 atom stereocenters. The van der Waals surface area contributed by atoms with Gasteiger partial charge >= 0.3 is 6.09 Å². The molecule has 4 nitrogen and oxygen atoms in total. The molecule has 1 rings (SSSR count). The van der Waals surface area contributed by atoms with Gasteiger partial charge in [-0.15, -0.1) is 0 Å². The average Bonchev–Trinajstić information content (AvgIpc) is 2.14. The highest BCUT2D eigenvalue weighted by Crippen LogP contribution is 2.19. The summed E-state index contributed by atoms with van der Waals surface area (Å²) in [5, 5.41) is 0. The van der Waals surface area contributed by atoms with E-state index in [1.807, 2.05) is 25.7 Å². The summed E-state index contributed by atoms with van der Waals surface area (Å²) in [5.41, 5.74) is -0.415. The van der Waals surface area contributed by atoms with E-state index in [0.29, 0.717) is 5.92 Å². The molecular weight excluding hydrogens is 216 g/mol. The van der Waals surface area contributed by atoms with Crippen molar-refractivity contribution in [2.24, 2.45) is 5.92 Å². The average molecular weight is 242 g/mol.